The molecule has 2 aromatic carbocycles. The van der Waals surface area contributed by atoms with Crippen LogP contribution in [0, 0.1) is 5.92 Å². The summed E-state index contributed by atoms with van der Waals surface area (Å²) in [6, 6.07) is 14.2. The minimum atomic E-state index is -1.08. The molecule has 1 aliphatic heterocycles. The molecule has 4 rings (SSSR count). The lowest BCUT2D eigenvalue weighted by Gasteiger charge is -2.38. The maximum atomic E-state index is 13.7. The summed E-state index contributed by atoms with van der Waals surface area (Å²) in [5, 5.41) is 0.478. The highest BCUT2D eigenvalue weighted by Crippen LogP contribution is 2.43. The summed E-state index contributed by atoms with van der Waals surface area (Å²) in [6.45, 7) is 2.77. The maximum absolute atomic E-state index is 13.7. The fraction of sp³-hybridized carbons (Fsp3) is 0.348. The predicted molar refractivity (Wildman–Crippen MR) is 118 cm³/mol. The minimum absolute atomic E-state index is 0.180. The van der Waals surface area contributed by atoms with Crippen LogP contribution in [0.5, 0.6) is 0 Å². The topological polar surface area (TPSA) is 73.7 Å². The number of carbonyl (C=O) groups excluding carboxylic acids is 2. The maximum Gasteiger partial charge on any atom is 0.321 e. The first-order chi connectivity index (χ1) is 15.1. The molecule has 0 bridgehead atoms. The first-order valence-electron chi connectivity index (χ1n) is 10.3. The van der Waals surface area contributed by atoms with Crippen molar-refractivity contribution in [3.8, 4) is 0 Å². The van der Waals surface area contributed by atoms with Gasteiger partial charge in [0.1, 0.15) is 0 Å². The Morgan fingerprint density at radius 1 is 1.16 bits per heavy atom. The number of carbonyl (C=O) groups is 2. The van der Waals surface area contributed by atoms with E-state index >= 15 is 0 Å². The molecule has 0 radical (unpaired) electrons. The van der Waals surface area contributed by atoms with E-state index < -0.39 is 17.9 Å². The number of amides is 1. The fourth-order valence-electron chi connectivity index (χ4n) is 4.12. The number of hydrogen-bond acceptors (Lipinski definition) is 5. The summed E-state index contributed by atoms with van der Waals surface area (Å²) >= 11 is 6.55. The smallest absolute Gasteiger partial charge is 0.321 e. The SMILES string of the molecule is CCOC(=O)C1C(=O)N(CCCOC)c2nc3ccccc3n2C1c1ccccc1Cl. The van der Waals surface area contributed by atoms with Gasteiger partial charge in [-0.25, -0.2) is 4.98 Å². The van der Waals surface area contributed by atoms with Crippen molar-refractivity contribution in [2.75, 3.05) is 31.8 Å². The summed E-state index contributed by atoms with van der Waals surface area (Å²) in [6.07, 6.45) is 0.609. The van der Waals surface area contributed by atoms with E-state index in [0.717, 1.165) is 11.0 Å². The monoisotopic (exact) mass is 441 g/mol. The quantitative estimate of drug-likeness (QED) is 0.316. The molecule has 2 unspecified atom stereocenters. The van der Waals surface area contributed by atoms with E-state index in [1.54, 1.807) is 25.0 Å². The largest absolute Gasteiger partial charge is 0.465 e. The van der Waals surface area contributed by atoms with Crippen molar-refractivity contribution in [3.05, 3.63) is 59.1 Å². The van der Waals surface area contributed by atoms with Crippen molar-refractivity contribution in [1.82, 2.24) is 9.55 Å². The number of para-hydroxylation sites is 2. The van der Waals surface area contributed by atoms with Gasteiger partial charge in [0.25, 0.3) is 0 Å². The lowest BCUT2D eigenvalue weighted by molar-refractivity contribution is -0.153. The molecule has 1 amide bonds. The number of halogens is 1. The normalized spacial score (nSPS) is 18.3. The summed E-state index contributed by atoms with van der Waals surface area (Å²) in [7, 11) is 1.61. The van der Waals surface area contributed by atoms with Crippen LogP contribution in [0.25, 0.3) is 11.0 Å². The van der Waals surface area contributed by atoms with E-state index in [-0.39, 0.29) is 12.5 Å². The number of nitrogens with zero attached hydrogens (tertiary/aromatic N) is 3. The molecule has 0 saturated heterocycles. The molecule has 2 heterocycles. The molecule has 31 heavy (non-hydrogen) atoms. The van der Waals surface area contributed by atoms with Crippen LogP contribution in [0.3, 0.4) is 0 Å². The molecule has 3 aromatic rings. The van der Waals surface area contributed by atoms with Gasteiger partial charge in [-0.15, -0.1) is 0 Å². The second-order valence-corrected chi connectivity index (χ2v) is 7.71. The lowest BCUT2D eigenvalue weighted by atomic mass is 9.89. The van der Waals surface area contributed by atoms with Gasteiger partial charge in [-0.2, -0.15) is 0 Å². The predicted octanol–water partition coefficient (Wildman–Crippen LogP) is 3.84. The van der Waals surface area contributed by atoms with Crippen molar-refractivity contribution in [3.63, 3.8) is 0 Å². The van der Waals surface area contributed by atoms with Gasteiger partial charge in [-0.1, -0.05) is 41.9 Å². The Labute approximate surface area is 185 Å². The highest BCUT2D eigenvalue weighted by molar-refractivity contribution is 6.31. The van der Waals surface area contributed by atoms with Crippen LogP contribution in [-0.4, -0.2) is 48.3 Å². The van der Waals surface area contributed by atoms with E-state index in [1.807, 2.05) is 47.0 Å². The van der Waals surface area contributed by atoms with Crippen molar-refractivity contribution in [1.29, 1.82) is 0 Å². The van der Waals surface area contributed by atoms with E-state index in [9.17, 15) is 9.59 Å². The van der Waals surface area contributed by atoms with Gasteiger partial charge >= 0.3 is 5.97 Å². The third-order valence-electron chi connectivity index (χ3n) is 5.44. The second-order valence-electron chi connectivity index (χ2n) is 7.30. The molecular formula is C23H24ClN3O4. The molecule has 0 aliphatic carbocycles. The highest BCUT2D eigenvalue weighted by atomic mass is 35.5. The zero-order valence-corrected chi connectivity index (χ0v) is 18.2. The van der Waals surface area contributed by atoms with Crippen LogP contribution in [-0.2, 0) is 19.1 Å². The Hall–Kier alpha value is -2.90. The second kappa shape index (κ2) is 9.08. The lowest BCUT2D eigenvalue weighted by Crippen LogP contribution is -2.50. The Kier molecular flexibility index (Phi) is 6.25. The number of methoxy groups -OCH3 is 1. The van der Waals surface area contributed by atoms with E-state index in [2.05, 4.69) is 0 Å². The minimum Gasteiger partial charge on any atom is -0.465 e. The van der Waals surface area contributed by atoms with Crippen LogP contribution in [0.1, 0.15) is 24.9 Å². The first kappa shape index (κ1) is 21.3. The molecular weight excluding hydrogens is 418 g/mol. The van der Waals surface area contributed by atoms with E-state index in [4.69, 9.17) is 26.1 Å². The van der Waals surface area contributed by atoms with E-state index in [1.165, 1.54) is 0 Å². The zero-order chi connectivity index (χ0) is 22.0. The highest BCUT2D eigenvalue weighted by Gasteiger charge is 2.48. The Morgan fingerprint density at radius 3 is 2.65 bits per heavy atom. The number of esters is 1. The van der Waals surface area contributed by atoms with Gasteiger partial charge in [0.15, 0.2) is 5.92 Å². The standard InChI is InChI=1S/C23H24ClN3O4/c1-3-31-22(29)19-20(15-9-4-5-10-16(15)24)27-18-12-7-6-11-17(18)25-23(27)26(21(19)28)13-8-14-30-2/h4-7,9-12,19-20H,3,8,13-14H2,1-2H3. The van der Waals surface area contributed by atoms with Gasteiger partial charge in [0.05, 0.1) is 23.7 Å². The fourth-order valence-corrected chi connectivity index (χ4v) is 4.37. The average molecular weight is 442 g/mol. The van der Waals surface area contributed by atoms with Crippen molar-refractivity contribution in [2.24, 2.45) is 5.92 Å². The molecule has 0 saturated carbocycles. The van der Waals surface area contributed by atoms with Crippen molar-refractivity contribution < 1.29 is 19.1 Å². The molecule has 162 valence electrons. The molecule has 0 spiro atoms. The zero-order valence-electron chi connectivity index (χ0n) is 17.5. The third-order valence-corrected chi connectivity index (χ3v) is 5.78. The summed E-state index contributed by atoms with van der Waals surface area (Å²) in [5.41, 5.74) is 2.24. The van der Waals surface area contributed by atoms with Crippen LogP contribution in [0.4, 0.5) is 5.95 Å². The summed E-state index contributed by atoms with van der Waals surface area (Å²) < 4.78 is 12.4. The van der Waals surface area contributed by atoms with Gasteiger partial charge in [0.2, 0.25) is 11.9 Å². The molecule has 2 atom stereocenters. The number of aromatic nitrogens is 2. The summed E-state index contributed by atoms with van der Waals surface area (Å²) in [4.78, 5) is 33.0. The molecule has 1 aromatic heterocycles. The number of imidazole rings is 1. The molecule has 1 aliphatic rings. The Bertz CT molecular complexity index is 1110. The van der Waals surface area contributed by atoms with Crippen LogP contribution >= 0.6 is 11.6 Å². The van der Waals surface area contributed by atoms with Crippen LogP contribution in [0.15, 0.2) is 48.5 Å². The Morgan fingerprint density at radius 2 is 1.90 bits per heavy atom. The van der Waals surface area contributed by atoms with Gasteiger partial charge in [-0.05, 0) is 37.1 Å². The number of benzene rings is 2. The molecule has 7 nitrogen and oxygen atoms in total. The number of hydrogen-bond donors (Lipinski definition) is 0. The number of rotatable bonds is 7. The van der Waals surface area contributed by atoms with Crippen molar-refractivity contribution >= 4 is 40.5 Å². The molecule has 0 N–H and O–H groups in total. The molecule has 0 fully saturated rings. The van der Waals surface area contributed by atoms with Gasteiger partial charge in [0, 0.05) is 25.3 Å². The average Bonchev–Trinajstić information content (AvgIpc) is 3.14. The number of anilines is 1. The Balaban J connectivity index is 1.96. The third kappa shape index (κ3) is 3.79. The van der Waals surface area contributed by atoms with E-state index in [0.29, 0.717) is 36.1 Å². The van der Waals surface area contributed by atoms with Crippen molar-refractivity contribution in [2.45, 2.75) is 19.4 Å². The number of ether oxygens (including phenoxy) is 2. The van der Waals surface area contributed by atoms with Gasteiger partial charge in [-0.3, -0.25) is 14.5 Å². The van der Waals surface area contributed by atoms with Crippen LogP contribution < -0.4 is 4.90 Å². The first-order valence-corrected chi connectivity index (χ1v) is 10.6. The van der Waals surface area contributed by atoms with Gasteiger partial charge < -0.3 is 14.0 Å². The van der Waals surface area contributed by atoms with Crippen LogP contribution in [0.2, 0.25) is 5.02 Å². The molecule has 8 heteroatoms. The number of fused-ring (bicyclic) bond motifs is 3. The summed E-state index contributed by atoms with van der Waals surface area (Å²) in [5.74, 6) is -1.50.